The minimum Gasteiger partial charge on any atom is -0.468 e. The summed E-state index contributed by atoms with van der Waals surface area (Å²) in [6, 6.07) is 17.5. The molecule has 23 heavy (non-hydrogen) atoms. The number of likely N-dealkylation sites (N-methyl/N-ethyl adjacent to an activating group) is 1. The second kappa shape index (κ2) is 8.58. The van der Waals surface area contributed by atoms with Crippen LogP contribution in [0.1, 0.15) is 11.1 Å². The molecular weight excluding hydrogens is 292 g/mol. The number of hydrogen-bond acceptors (Lipinski definition) is 5. The first-order chi connectivity index (χ1) is 11.2. The number of methoxy groups -OCH3 is 1. The van der Waals surface area contributed by atoms with Crippen LogP contribution in [0.5, 0.6) is 0 Å². The van der Waals surface area contributed by atoms with E-state index in [1.165, 1.54) is 7.11 Å². The molecule has 0 heterocycles. The van der Waals surface area contributed by atoms with Gasteiger partial charge in [0.05, 0.1) is 13.3 Å². The Balaban J connectivity index is 1.91. The molecular formula is C18H20N2O3. The number of anilines is 1. The zero-order valence-electron chi connectivity index (χ0n) is 13.3. The number of benzene rings is 2. The van der Waals surface area contributed by atoms with Crippen LogP contribution in [0.15, 0.2) is 59.8 Å². The Morgan fingerprint density at radius 2 is 1.96 bits per heavy atom. The number of ether oxygens (including phenoxy) is 1. The second-order valence-electron chi connectivity index (χ2n) is 5.02. The van der Waals surface area contributed by atoms with Crippen molar-refractivity contribution in [2.45, 2.75) is 6.61 Å². The van der Waals surface area contributed by atoms with Gasteiger partial charge in [0.2, 0.25) is 0 Å². The molecule has 5 nitrogen and oxygen atoms in total. The first kappa shape index (κ1) is 16.5. The second-order valence-corrected chi connectivity index (χ2v) is 5.02. The molecule has 0 N–H and O–H groups in total. The number of rotatable bonds is 7. The zero-order chi connectivity index (χ0) is 16.5. The van der Waals surface area contributed by atoms with Gasteiger partial charge in [0.25, 0.3) is 0 Å². The fraction of sp³-hybridized carbons (Fsp3) is 0.222. The monoisotopic (exact) mass is 312 g/mol. The van der Waals surface area contributed by atoms with Crippen molar-refractivity contribution in [1.29, 1.82) is 0 Å². The Hall–Kier alpha value is -2.82. The maximum atomic E-state index is 11.3. The van der Waals surface area contributed by atoms with Gasteiger partial charge >= 0.3 is 5.97 Å². The van der Waals surface area contributed by atoms with Gasteiger partial charge in [-0.15, -0.1) is 0 Å². The third-order valence-corrected chi connectivity index (χ3v) is 3.26. The van der Waals surface area contributed by atoms with E-state index in [1.54, 1.807) is 6.21 Å². The summed E-state index contributed by atoms with van der Waals surface area (Å²) in [4.78, 5) is 18.4. The van der Waals surface area contributed by atoms with Crippen molar-refractivity contribution in [2.75, 3.05) is 25.6 Å². The smallest absolute Gasteiger partial charge is 0.325 e. The van der Waals surface area contributed by atoms with Crippen molar-refractivity contribution in [3.05, 3.63) is 65.7 Å². The average molecular weight is 312 g/mol. The summed E-state index contributed by atoms with van der Waals surface area (Å²) in [5.41, 5.74) is 2.87. The van der Waals surface area contributed by atoms with E-state index >= 15 is 0 Å². The summed E-state index contributed by atoms with van der Waals surface area (Å²) in [5, 5.41) is 3.98. The van der Waals surface area contributed by atoms with Crippen LogP contribution in [0.4, 0.5) is 5.69 Å². The highest BCUT2D eigenvalue weighted by atomic mass is 16.6. The lowest BCUT2D eigenvalue weighted by molar-refractivity contribution is -0.138. The molecule has 0 aliphatic rings. The van der Waals surface area contributed by atoms with Crippen LogP contribution < -0.4 is 4.90 Å². The molecule has 0 saturated carbocycles. The molecule has 0 fully saturated rings. The molecule has 0 aromatic heterocycles. The Bertz CT molecular complexity index is 656. The fourth-order valence-electron chi connectivity index (χ4n) is 1.98. The first-order valence-electron chi connectivity index (χ1n) is 7.26. The lowest BCUT2D eigenvalue weighted by atomic mass is 10.2. The van der Waals surface area contributed by atoms with Crippen molar-refractivity contribution >= 4 is 17.9 Å². The van der Waals surface area contributed by atoms with E-state index < -0.39 is 0 Å². The van der Waals surface area contributed by atoms with Crippen molar-refractivity contribution in [1.82, 2.24) is 0 Å². The summed E-state index contributed by atoms with van der Waals surface area (Å²) in [6.07, 6.45) is 1.65. The van der Waals surface area contributed by atoms with Crippen molar-refractivity contribution in [2.24, 2.45) is 5.16 Å². The molecule has 0 spiro atoms. The van der Waals surface area contributed by atoms with Crippen molar-refractivity contribution < 1.29 is 14.4 Å². The van der Waals surface area contributed by atoms with Gasteiger partial charge in [-0.05, 0) is 23.3 Å². The number of carbonyl (C=O) groups is 1. The number of nitrogens with zero attached hydrogens (tertiary/aromatic N) is 2. The SMILES string of the molecule is COC(=O)CN(C)c1cccc(C=NOCc2ccccc2)c1. The molecule has 0 amide bonds. The largest absolute Gasteiger partial charge is 0.468 e. The number of carbonyl (C=O) groups excluding carboxylic acids is 1. The van der Waals surface area contributed by atoms with Gasteiger partial charge in [0.1, 0.15) is 13.2 Å². The summed E-state index contributed by atoms with van der Waals surface area (Å²) in [6.45, 7) is 0.626. The molecule has 120 valence electrons. The standard InChI is InChI=1S/C18H20N2O3/c1-20(13-18(21)22-2)17-10-6-9-16(11-17)12-19-23-14-15-7-4-3-5-8-15/h3-12H,13-14H2,1-2H3. The van der Waals surface area contributed by atoms with Gasteiger partial charge in [-0.3, -0.25) is 4.79 Å². The average Bonchev–Trinajstić information content (AvgIpc) is 2.59. The van der Waals surface area contributed by atoms with Crippen LogP contribution in [0.3, 0.4) is 0 Å². The molecule has 2 aromatic rings. The van der Waals surface area contributed by atoms with Crippen LogP contribution >= 0.6 is 0 Å². The van der Waals surface area contributed by atoms with Crippen LogP contribution in [0, 0.1) is 0 Å². The van der Waals surface area contributed by atoms with Gasteiger partial charge < -0.3 is 14.5 Å². The molecule has 0 bridgehead atoms. The van der Waals surface area contributed by atoms with Crippen LogP contribution in [-0.4, -0.2) is 32.9 Å². The summed E-state index contributed by atoms with van der Waals surface area (Å²) in [5.74, 6) is -0.280. The third-order valence-electron chi connectivity index (χ3n) is 3.26. The van der Waals surface area contributed by atoms with Gasteiger partial charge in [0.15, 0.2) is 0 Å². The van der Waals surface area contributed by atoms with Crippen molar-refractivity contribution in [3.8, 4) is 0 Å². The van der Waals surface area contributed by atoms with Crippen molar-refractivity contribution in [3.63, 3.8) is 0 Å². The summed E-state index contributed by atoms with van der Waals surface area (Å²) >= 11 is 0. The van der Waals surface area contributed by atoms with Gasteiger partial charge in [-0.2, -0.15) is 0 Å². The van der Waals surface area contributed by atoms with E-state index in [9.17, 15) is 4.79 Å². The highest BCUT2D eigenvalue weighted by molar-refractivity contribution is 5.82. The summed E-state index contributed by atoms with van der Waals surface area (Å²) in [7, 11) is 3.21. The van der Waals surface area contributed by atoms with Crippen LogP contribution in [0.2, 0.25) is 0 Å². The maximum absolute atomic E-state index is 11.3. The fourth-order valence-corrected chi connectivity index (χ4v) is 1.98. The first-order valence-corrected chi connectivity index (χ1v) is 7.26. The maximum Gasteiger partial charge on any atom is 0.325 e. The van der Waals surface area contributed by atoms with E-state index in [2.05, 4.69) is 9.89 Å². The molecule has 0 saturated heterocycles. The molecule has 0 atom stereocenters. The molecule has 2 aromatic carbocycles. The predicted molar refractivity (Wildman–Crippen MR) is 90.6 cm³/mol. The van der Waals surface area contributed by atoms with Gasteiger partial charge in [-0.1, -0.05) is 47.6 Å². The summed E-state index contributed by atoms with van der Waals surface area (Å²) < 4.78 is 4.67. The quantitative estimate of drug-likeness (QED) is 0.448. The molecule has 2 rings (SSSR count). The normalized spacial score (nSPS) is 10.5. The van der Waals surface area contributed by atoms with E-state index in [4.69, 9.17) is 4.84 Å². The Morgan fingerprint density at radius 1 is 1.17 bits per heavy atom. The third kappa shape index (κ3) is 5.47. The lowest BCUT2D eigenvalue weighted by Crippen LogP contribution is -2.26. The van der Waals surface area contributed by atoms with E-state index in [-0.39, 0.29) is 12.5 Å². The van der Waals surface area contributed by atoms with E-state index in [1.807, 2.05) is 66.5 Å². The highest BCUT2D eigenvalue weighted by Crippen LogP contribution is 2.13. The number of esters is 1. The Labute approximate surface area is 136 Å². The van der Waals surface area contributed by atoms with E-state index in [0.29, 0.717) is 6.61 Å². The molecule has 0 aliphatic carbocycles. The molecule has 0 unspecified atom stereocenters. The van der Waals surface area contributed by atoms with E-state index in [0.717, 1.165) is 16.8 Å². The minimum atomic E-state index is -0.280. The van der Waals surface area contributed by atoms with Gasteiger partial charge in [0, 0.05) is 12.7 Å². The topological polar surface area (TPSA) is 51.1 Å². The van der Waals surface area contributed by atoms with Crippen LogP contribution in [0.25, 0.3) is 0 Å². The predicted octanol–water partition coefficient (Wildman–Crippen LogP) is 2.85. The minimum absolute atomic E-state index is 0.196. The molecule has 0 radical (unpaired) electrons. The Kier molecular flexibility index (Phi) is 6.17. The van der Waals surface area contributed by atoms with Gasteiger partial charge in [-0.25, -0.2) is 0 Å². The molecule has 5 heteroatoms. The molecule has 0 aliphatic heterocycles. The zero-order valence-corrected chi connectivity index (χ0v) is 13.3. The highest BCUT2D eigenvalue weighted by Gasteiger charge is 2.07. The van der Waals surface area contributed by atoms with Crippen LogP contribution in [-0.2, 0) is 21.0 Å². The lowest BCUT2D eigenvalue weighted by Gasteiger charge is -2.17. The number of oxime groups is 1. The number of hydrogen-bond donors (Lipinski definition) is 0. The Morgan fingerprint density at radius 3 is 2.70 bits per heavy atom.